The molecule has 1 rings (SSSR count). The number of carboxylic acid groups (broad SMARTS) is 1. The fourth-order valence-electron chi connectivity index (χ4n) is 0.614. The highest BCUT2D eigenvalue weighted by Crippen LogP contribution is 1.94. The van der Waals surface area contributed by atoms with Crippen LogP contribution >= 0.6 is 0 Å². The summed E-state index contributed by atoms with van der Waals surface area (Å²) in [6, 6.07) is 0. The molecule has 0 saturated carbocycles. The lowest BCUT2D eigenvalue weighted by Gasteiger charge is -1.84. The molecule has 0 fully saturated rings. The number of aliphatic carboxylic acids is 1. The Morgan fingerprint density at radius 3 is 2.78 bits per heavy atom. The Hall–Kier alpha value is -1.19. The predicted octanol–water partition coefficient (Wildman–Crippen LogP) is -0.600. The molecule has 0 saturated heterocycles. The molecule has 48 valence electrons. The van der Waals surface area contributed by atoms with Gasteiger partial charge in [-0.3, -0.25) is 4.79 Å². The number of hydrogen-bond acceptors (Lipinski definition) is 2. The largest absolute Gasteiger partial charge is 0.480 e. The quantitative estimate of drug-likeness (QED) is 0.478. The zero-order chi connectivity index (χ0) is 6.85. The minimum Gasteiger partial charge on any atom is -0.480 e. The van der Waals surface area contributed by atoms with Crippen LogP contribution in [0.1, 0.15) is 0 Å². The van der Waals surface area contributed by atoms with E-state index in [4.69, 9.17) is 5.11 Å². The fourth-order valence-corrected chi connectivity index (χ4v) is 0.614. The second-order valence-electron chi connectivity index (χ2n) is 1.85. The molecule has 9 heavy (non-hydrogen) atoms. The van der Waals surface area contributed by atoms with Crippen LogP contribution < -0.4 is 0 Å². The van der Waals surface area contributed by atoms with Gasteiger partial charge in [-0.1, -0.05) is 4.68 Å². The third-order valence-corrected chi connectivity index (χ3v) is 1.07. The Morgan fingerprint density at radius 2 is 2.56 bits per heavy atom. The van der Waals surface area contributed by atoms with Gasteiger partial charge in [0.1, 0.15) is 0 Å². The average molecular weight is 127 g/mol. The maximum absolute atomic E-state index is 10.2. The third-order valence-electron chi connectivity index (χ3n) is 1.07. The molecule has 1 aliphatic heterocycles. The van der Waals surface area contributed by atoms with Crippen molar-refractivity contribution in [3.05, 3.63) is 0 Å². The number of nitrogens with zero attached hydrogens (tertiary/aromatic N) is 2. The Bertz CT molecular complexity index is 195. The van der Waals surface area contributed by atoms with Crippen molar-refractivity contribution in [3.8, 4) is 0 Å². The molecular weight excluding hydrogens is 120 g/mol. The van der Waals surface area contributed by atoms with Crippen LogP contribution in [0.5, 0.6) is 0 Å². The monoisotopic (exact) mass is 127 g/mol. The number of carboxylic acids is 1. The van der Waals surface area contributed by atoms with Crippen molar-refractivity contribution >= 4 is 18.4 Å². The van der Waals surface area contributed by atoms with Crippen molar-refractivity contribution < 1.29 is 14.6 Å². The summed E-state index contributed by atoms with van der Waals surface area (Å²) in [5.74, 6) is -1.39. The molecular formula is C5H7N2O2+. The van der Waals surface area contributed by atoms with E-state index in [1.165, 1.54) is 17.1 Å². The van der Waals surface area contributed by atoms with Gasteiger partial charge in [-0.05, 0) is 5.10 Å². The summed E-state index contributed by atoms with van der Waals surface area (Å²) in [7, 11) is 1.69. The van der Waals surface area contributed by atoms with Crippen LogP contribution in [0.15, 0.2) is 5.10 Å². The molecule has 0 aromatic heterocycles. The van der Waals surface area contributed by atoms with Crippen LogP contribution in [-0.4, -0.2) is 35.2 Å². The van der Waals surface area contributed by atoms with Crippen molar-refractivity contribution in [3.63, 3.8) is 0 Å². The van der Waals surface area contributed by atoms with Crippen LogP contribution in [0.4, 0.5) is 0 Å². The van der Waals surface area contributed by atoms with E-state index >= 15 is 0 Å². The lowest BCUT2D eigenvalue weighted by molar-refractivity contribution is -0.494. The number of hydrazone groups is 1. The van der Waals surface area contributed by atoms with Crippen molar-refractivity contribution in [2.75, 3.05) is 7.05 Å². The van der Waals surface area contributed by atoms with Crippen molar-refractivity contribution in [2.24, 2.45) is 11.0 Å². The molecule has 0 radical (unpaired) electrons. The highest BCUT2D eigenvalue weighted by Gasteiger charge is 2.22. The molecule has 4 heteroatoms. The lowest BCUT2D eigenvalue weighted by atomic mass is 10.2. The zero-order valence-electron chi connectivity index (χ0n) is 4.98. The SMILES string of the molecule is C[N+]1=CC(C(=O)O)C=N1. The molecule has 0 bridgehead atoms. The predicted molar refractivity (Wildman–Crippen MR) is 31.9 cm³/mol. The lowest BCUT2D eigenvalue weighted by Crippen LogP contribution is -2.14. The standard InChI is InChI=1S/C5H6N2O2/c1-7-3-4(2-6-7)5(8)9/h2-4H,1H3/p+1. The van der Waals surface area contributed by atoms with E-state index in [9.17, 15) is 4.79 Å². The number of rotatable bonds is 1. The van der Waals surface area contributed by atoms with Crippen molar-refractivity contribution in [1.29, 1.82) is 0 Å². The van der Waals surface area contributed by atoms with Gasteiger partial charge >= 0.3 is 5.97 Å². The molecule has 0 aromatic carbocycles. The van der Waals surface area contributed by atoms with Crippen LogP contribution in [0.3, 0.4) is 0 Å². The van der Waals surface area contributed by atoms with Gasteiger partial charge in [-0.2, -0.15) is 0 Å². The first kappa shape index (κ1) is 5.94. The van der Waals surface area contributed by atoms with Gasteiger partial charge in [0.05, 0.1) is 6.21 Å². The summed E-state index contributed by atoms with van der Waals surface area (Å²) in [5, 5.41) is 12.1. The molecule has 1 atom stereocenters. The van der Waals surface area contributed by atoms with Gasteiger partial charge in [-0.15, -0.1) is 0 Å². The topological polar surface area (TPSA) is 52.7 Å². The normalized spacial score (nSPS) is 24.1. The van der Waals surface area contributed by atoms with Crippen molar-refractivity contribution in [2.45, 2.75) is 0 Å². The first-order valence-corrected chi connectivity index (χ1v) is 2.55. The maximum atomic E-state index is 10.2. The molecule has 0 aliphatic carbocycles. The molecule has 4 nitrogen and oxygen atoms in total. The van der Waals surface area contributed by atoms with E-state index in [2.05, 4.69) is 5.10 Å². The van der Waals surface area contributed by atoms with Gasteiger partial charge in [0.25, 0.3) is 0 Å². The third kappa shape index (κ3) is 1.13. The Balaban J connectivity index is 2.70. The molecule has 1 unspecified atom stereocenters. The minimum atomic E-state index is -0.858. The fraction of sp³-hybridized carbons (Fsp3) is 0.400. The van der Waals surface area contributed by atoms with Gasteiger partial charge in [0.2, 0.25) is 0 Å². The molecule has 0 aromatic rings. The summed E-state index contributed by atoms with van der Waals surface area (Å²) in [5.41, 5.74) is 0. The average Bonchev–Trinajstić information content (AvgIpc) is 2.14. The van der Waals surface area contributed by atoms with Gasteiger partial charge in [-0.25, -0.2) is 0 Å². The molecule has 0 spiro atoms. The van der Waals surface area contributed by atoms with E-state index in [1.54, 1.807) is 7.05 Å². The van der Waals surface area contributed by atoms with Crippen molar-refractivity contribution in [1.82, 2.24) is 0 Å². The summed E-state index contributed by atoms with van der Waals surface area (Å²) in [6.07, 6.45) is 2.92. The van der Waals surface area contributed by atoms with E-state index in [-0.39, 0.29) is 0 Å². The van der Waals surface area contributed by atoms with Gasteiger partial charge in [0.15, 0.2) is 19.2 Å². The number of carbonyl (C=O) groups is 1. The minimum absolute atomic E-state index is 0.532. The summed E-state index contributed by atoms with van der Waals surface area (Å²) in [4.78, 5) is 10.2. The zero-order valence-corrected chi connectivity index (χ0v) is 4.98. The van der Waals surface area contributed by atoms with Crippen LogP contribution in [0.2, 0.25) is 0 Å². The van der Waals surface area contributed by atoms with Crippen LogP contribution in [-0.2, 0) is 4.79 Å². The molecule has 1 heterocycles. The van der Waals surface area contributed by atoms with E-state index < -0.39 is 11.9 Å². The first-order valence-electron chi connectivity index (χ1n) is 2.55. The number of hydrogen-bond donors (Lipinski definition) is 1. The second kappa shape index (κ2) is 1.97. The van der Waals surface area contributed by atoms with Gasteiger partial charge in [0, 0.05) is 0 Å². The Kier molecular flexibility index (Phi) is 1.30. The first-order chi connectivity index (χ1) is 4.20. The Labute approximate surface area is 52.1 Å². The molecule has 0 amide bonds. The summed E-state index contributed by atoms with van der Waals surface area (Å²) in [6.45, 7) is 0. The molecule has 1 aliphatic rings. The summed E-state index contributed by atoms with van der Waals surface area (Å²) >= 11 is 0. The van der Waals surface area contributed by atoms with Gasteiger partial charge < -0.3 is 5.11 Å². The van der Waals surface area contributed by atoms with E-state index in [0.29, 0.717) is 0 Å². The van der Waals surface area contributed by atoms with E-state index in [0.717, 1.165) is 0 Å². The molecule has 1 N–H and O–H groups in total. The second-order valence-corrected chi connectivity index (χ2v) is 1.85. The van der Waals surface area contributed by atoms with Crippen LogP contribution in [0.25, 0.3) is 0 Å². The van der Waals surface area contributed by atoms with E-state index in [1.807, 2.05) is 0 Å². The highest BCUT2D eigenvalue weighted by atomic mass is 16.4. The van der Waals surface area contributed by atoms with Crippen LogP contribution in [0, 0.1) is 5.92 Å². The smallest absolute Gasteiger partial charge is 0.322 e. The summed E-state index contributed by atoms with van der Waals surface area (Å²) < 4.78 is 1.48. The maximum Gasteiger partial charge on any atom is 0.322 e. The highest BCUT2D eigenvalue weighted by molar-refractivity contribution is 6.04. The Morgan fingerprint density at radius 1 is 1.89 bits per heavy atom.